The van der Waals surface area contributed by atoms with E-state index in [0.717, 1.165) is 12.8 Å². The first kappa shape index (κ1) is 12.4. The molecular formula is C10H19N3OS. The fourth-order valence-electron chi connectivity index (χ4n) is 1.85. The Kier molecular flexibility index (Phi) is 4.04. The van der Waals surface area contributed by atoms with Gasteiger partial charge in [-0.25, -0.2) is 0 Å². The number of thiocarbonyl (C=S) groups is 1. The molecule has 0 aliphatic heterocycles. The molecule has 0 heterocycles. The molecule has 0 radical (unpaired) electrons. The fraction of sp³-hybridized carbons (Fsp3) is 0.800. The topological polar surface area (TPSA) is 58.4 Å². The number of nitrogens with two attached hydrogens (primary N) is 1. The molecule has 3 N–H and O–H groups in total. The molecule has 0 aromatic heterocycles. The zero-order valence-electron chi connectivity index (χ0n) is 9.38. The SMILES string of the molecule is CN(C)C1(CNC(=O)CC(N)=S)CCC1. The summed E-state index contributed by atoms with van der Waals surface area (Å²) in [4.78, 5) is 13.8. The highest BCUT2D eigenvalue weighted by molar-refractivity contribution is 7.80. The van der Waals surface area contributed by atoms with Gasteiger partial charge in [0.25, 0.3) is 0 Å². The van der Waals surface area contributed by atoms with Crippen molar-refractivity contribution in [3.63, 3.8) is 0 Å². The number of carbonyl (C=O) groups is 1. The van der Waals surface area contributed by atoms with Gasteiger partial charge in [-0.3, -0.25) is 4.79 Å². The minimum absolute atomic E-state index is 0.0735. The number of nitrogens with zero attached hydrogens (tertiary/aromatic N) is 1. The number of carbonyl (C=O) groups excluding carboxylic acids is 1. The number of hydrogen-bond acceptors (Lipinski definition) is 3. The third kappa shape index (κ3) is 3.14. The molecule has 4 nitrogen and oxygen atoms in total. The van der Waals surface area contributed by atoms with Crippen LogP contribution in [0, 0.1) is 0 Å². The highest BCUT2D eigenvalue weighted by Crippen LogP contribution is 2.35. The summed E-state index contributed by atoms with van der Waals surface area (Å²) in [7, 11) is 4.11. The van der Waals surface area contributed by atoms with Crippen LogP contribution in [0.4, 0.5) is 0 Å². The van der Waals surface area contributed by atoms with Gasteiger partial charge in [-0.1, -0.05) is 12.2 Å². The van der Waals surface area contributed by atoms with Crippen LogP contribution in [0.25, 0.3) is 0 Å². The van der Waals surface area contributed by atoms with E-state index in [4.69, 9.17) is 5.73 Å². The molecule has 1 aliphatic carbocycles. The smallest absolute Gasteiger partial charge is 0.226 e. The Morgan fingerprint density at radius 3 is 2.47 bits per heavy atom. The molecule has 0 unspecified atom stereocenters. The van der Waals surface area contributed by atoms with Gasteiger partial charge in [0, 0.05) is 12.1 Å². The molecule has 0 saturated heterocycles. The molecule has 0 bridgehead atoms. The molecule has 0 spiro atoms. The third-order valence-electron chi connectivity index (χ3n) is 3.18. The van der Waals surface area contributed by atoms with Crippen LogP contribution in [0.15, 0.2) is 0 Å². The van der Waals surface area contributed by atoms with Crippen molar-refractivity contribution in [2.24, 2.45) is 5.73 Å². The van der Waals surface area contributed by atoms with Crippen LogP contribution in [-0.2, 0) is 4.79 Å². The van der Waals surface area contributed by atoms with E-state index in [-0.39, 0.29) is 22.9 Å². The lowest BCUT2D eigenvalue weighted by molar-refractivity contribution is -0.120. The van der Waals surface area contributed by atoms with E-state index in [2.05, 4.69) is 36.5 Å². The normalized spacial score (nSPS) is 18.3. The summed E-state index contributed by atoms with van der Waals surface area (Å²) >= 11 is 4.68. The summed E-state index contributed by atoms with van der Waals surface area (Å²) in [6, 6.07) is 0. The first-order chi connectivity index (χ1) is 6.96. The molecule has 0 aromatic carbocycles. The quantitative estimate of drug-likeness (QED) is 0.664. The molecule has 1 saturated carbocycles. The maximum atomic E-state index is 11.4. The van der Waals surface area contributed by atoms with Crippen molar-refractivity contribution >= 4 is 23.1 Å². The summed E-state index contributed by atoms with van der Waals surface area (Å²) in [6.07, 6.45) is 3.68. The highest BCUT2D eigenvalue weighted by atomic mass is 32.1. The highest BCUT2D eigenvalue weighted by Gasteiger charge is 2.39. The van der Waals surface area contributed by atoms with E-state index >= 15 is 0 Å². The van der Waals surface area contributed by atoms with Gasteiger partial charge in [-0.05, 0) is 33.4 Å². The summed E-state index contributed by atoms with van der Waals surface area (Å²) in [5.74, 6) is -0.0735. The average molecular weight is 229 g/mol. The standard InChI is InChI=1S/C10H19N3OS/c1-13(2)10(4-3-5-10)7-12-9(14)6-8(11)15/h3-7H2,1-2H3,(H2,11,15)(H,12,14). The van der Waals surface area contributed by atoms with Crippen LogP contribution in [-0.4, -0.2) is 42.0 Å². The molecule has 1 rings (SSSR count). The summed E-state index contributed by atoms with van der Waals surface area (Å²) in [5, 5.41) is 2.89. The predicted molar refractivity (Wildman–Crippen MR) is 64.7 cm³/mol. The molecule has 1 aliphatic rings. The van der Waals surface area contributed by atoms with Gasteiger partial charge in [0.15, 0.2) is 0 Å². The minimum Gasteiger partial charge on any atom is -0.393 e. The first-order valence-corrected chi connectivity index (χ1v) is 5.59. The Hall–Kier alpha value is -0.680. The van der Waals surface area contributed by atoms with E-state index in [1.165, 1.54) is 6.42 Å². The molecule has 0 aromatic rings. The van der Waals surface area contributed by atoms with Crippen LogP contribution < -0.4 is 11.1 Å². The number of hydrogen-bond donors (Lipinski definition) is 2. The zero-order valence-corrected chi connectivity index (χ0v) is 10.2. The Bertz CT molecular complexity index is 261. The number of rotatable bonds is 5. The Labute approximate surface area is 96.2 Å². The zero-order chi connectivity index (χ0) is 11.5. The summed E-state index contributed by atoms with van der Waals surface area (Å²) in [6.45, 7) is 0.696. The average Bonchev–Trinajstić information content (AvgIpc) is 1.99. The second-order valence-corrected chi connectivity index (χ2v) is 4.92. The molecule has 86 valence electrons. The number of amides is 1. The molecule has 0 atom stereocenters. The van der Waals surface area contributed by atoms with E-state index < -0.39 is 0 Å². The monoisotopic (exact) mass is 229 g/mol. The number of likely N-dealkylation sites (N-methyl/N-ethyl adjacent to an activating group) is 1. The van der Waals surface area contributed by atoms with Crippen molar-refractivity contribution in [2.45, 2.75) is 31.2 Å². The van der Waals surface area contributed by atoms with E-state index in [0.29, 0.717) is 6.54 Å². The Morgan fingerprint density at radius 1 is 1.53 bits per heavy atom. The van der Waals surface area contributed by atoms with Crippen LogP contribution in [0.1, 0.15) is 25.7 Å². The predicted octanol–water partition coefficient (Wildman–Crippen LogP) is 0.263. The second kappa shape index (κ2) is 4.90. The van der Waals surface area contributed by atoms with Crippen molar-refractivity contribution in [1.82, 2.24) is 10.2 Å². The Morgan fingerprint density at radius 2 is 2.13 bits per heavy atom. The second-order valence-electron chi connectivity index (χ2n) is 4.39. The van der Waals surface area contributed by atoms with Crippen molar-refractivity contribution in [2.75, 3.05) is 20.6 Å². The van der Waals surface area contributed by atoms with Crippen molar-refractivity contribution in [1.29, 1.82) is 0 Å². The van der Waals surface area contributed by atoms with Crippen molar-refractivity contribution in [3.05, 3.63) is 0 Å². The van der Waals surface area contributed by atoms with E-state index in [1.807, 2.05) is 0 Å². The lowest BCUT2D eigenvalue weighted by atomic mass is 9.75. The lowest BCUT2D eigenvalue weighted by Crippen LogP contribution is -2.57. The summed E-state index contributed by atoms with van der Waals surface area (Å²) < 4.78 is 0. The maximum absolute atomic E-state index is 11.4. The Balaban J connectivity index is 2.35. The van der Waals surface area contributed by atoms with Gasteiger partial charge in [0.2, 0.25) is 5.91 Å². The molecular weight excluding hydrogens is 210 g/mol. The first-order valence-electron chi connectivity index (χ1n) is 5.19. The lowest BCUT2D eigenvalue weighted by Gasteiger charge is -2.47. The molecule has 1 fully saturated rings. The van der Waals surface area contributed by atoms with E-state index in [9.17, 15) is 4.79 Å². The van der Waals surface area contributed by atoms with E-state index in [1.54, 1.807) is 0 Å². The number of nitrogens with one attached hydrogen (secondary N) is 1. The van der Waals surface area contributed by atoms with Crippen molar-refractivity contribution < 1.29 is 4.79 Å². The van der Waals surface area contributed by atoms with Gasteiger partial charge in [-0.2, -0.15) is 0 Å². The largest absolute Gasteiger partial charge is 0.393 e. The fourth-order valence-corrected chi connectivity index (χ4v) is 1.98. The molecule has 5 heteroatoms. The van der Waals surface area contributed by atoms with Gasteiger partial charge in [0.1, 0.15) is 0 Å². The summed E-state index contributed by atoms with van der Waals surface area (Å²) in [5.41, 5.74) is 5.46. The molecule has 15 heavy (non-hydrogen) atoms. The van der Waals surface area contributed by atoms with Gasteiger partial charge >= 0.3 is 0 Å². The van der Waals surface area contributed by atoms with Crippen LogP contribution in [0.2, 0.25) is 0 Å². The van der Waals surface area contributed by atoms with Crippen LogP contribution in [0.5, 0.6) is 0 Å². The van der Waals surface area contributed by atoms with Crippen LogP contribution >= 0.6 is 12.2 Å². The third-order valence-corrected chi connectivity index (χ3v) is 3.33. The van der Waals surface area contributed by atoms with Gasteiger partial charge in [-0.15, -0.1) is 0 Å². The van der Waals surface area contributed by atoms with Crippen LogP contribution in [0.3, 0.4) is 0 Å². The maximum Gasteiger partial charge on any atom is 0.226 e. The van der Waals surface area contributed by atoms with Gasteiger partial charge < -0.3 is 16.0 Å². The minimum atomic E-state index is -0.0735. The van der Waals surface area contributed by atoms with Crippen molar-refractivity contribution in [3.8, 4) is 0 Å². The molecule has 1 amide bonds. The van der Waals surface area contributed by atoms with Gasteiger partial charge in [0.05, 0.1) is 11.4 Å².